The number of ketones is 1. The predicted molar refractivity (Wildman–Crippen MR) is 87.1 cm³/mol. The van der Waals surface area contributed by atoms with Crippen molar-refractivity contribution >= 4 is 17.8 Å². The van der Waals surface area contributed by atoms with Crippen LogP contribution in [0.2, 0.25) is 0 Å². The first kappa shape index (κ1) is 20.7. The van der Waals surface area contributed by atoms with Crippen LogP contribution in [0.15, 0.2) is 12.1 Å². The van der Waals surface area contributed by atoms with Gasteiger partial charge in [-0.2, -0.15) is 0 Å². The summed E-state index contributed by atoms with van der Waals surface area (Å²) in [5, 5.41) is 0. The molecule has 1 aliphatic rings. The summed E-state index contributed by atoms with van der Waals surface area (Å²) in [7, 11) is 1.16. The predicted octanol–water partition coefficient (Wildman–Crippen LogP) is 3.15. The van der Waals surface area contributed by atoms with Crippen LogP contribution in [0.25, 0.3) is 0 Å². The van der Waals surface area contributed by atoms with Gasteiger partial charge in [0.1, 0.15) is 12.2 Å². The maximum Gasteiger partial charge on any atom is 0.409 e. The molecule has 27 heavy (non-hydrogen) atoms. The number of ether oxygens (including phenoxy) is 2. The van der Waals surface area contributed by atoms with Crippen molar-refractivity contribution in [1.82, 2.24) is 4.90 Å². The number of Topliss-reactive ketones (excluding diaryl/α,β-unsaturated/α-hetero) is 1. The molecule has 148 valence electrons. The Balaban J connectivity index is 2.27. The number of amides is 1. The zero-order valence-corrected chi connectivity index (χ0v) is 15.0. The number of piperidine rings is 1. The van der Waals surface area contributed by atoms with Crippen LogP contribution < -0.4 is 0 Å². The van der Waals surface area contributed by atoms with Crippen LogP contribution in [0, 0.1) is 23.4 Å². The van der Waals surface area contributed by atoms with E-state index in [1.165, 1.54) is 4.90 Å². The van der Waals surface area contributed by atoms with Gasteiger partial charge in [0.15, 0.2) is 17.5 Å². The number of esters is 1. The fourth-order valence-corrected chi connectivity index (χ4v) is 3.18. The van der Waals surface area contributed by atoms with Crippen molar-refractivity contribution in [2.75, 3.05) is 20.3 Å². The van der Waals surface area contributed by atoms with Crippen LogP contribution in [0.1, 0.15) is 37.8 Å². The highest BCUT2D eigenvalue weighted by atomic mass is 19.2. The summed E-state index contributed by atoms with van der Waals surface area (Å²) in [5.41, 5.74) is 0.00503. The van der Waals surface area contributed by atoms with Gasteiger partial charge in [-0.15, -0.1) is 0 Å². The standard InChI is InChI=1S/C18H20F3NO5/c1-3-27-16(24)9-15(23)10-4-5-22(18(25)26-2)14(8-10)11-6-12(19)17(21)13(20)7-11/h6-7,10,14H,3-5,8-9H2,1-2H3/t10-,14+/m1/s1. The van der Waals surface area contributed by atoms with Crippen molar-refractivity contribution in [3.8, 4) is 0 Å². The highest BCUT2D eigenvalue weighted by molar-refractivity contribution is 5.97. The molecule has 9 heteroatoms. The summed E-state index contributed by atoms with van der Waals surface area (Å²) >= 11 is 0. The molecule has 0 aromatic heterocycles. The molecule has 1 saturated heterocycles. The monoisotopic (exact) mass is 387 g/mol. The smallest absolute Gasteiger partial charge is 0.409 e. The molecule has 0 spiro atoms. The SMILES string of the molecule is CCOC(=O)CC(=O)[C@@H]1CCN(C(=O)OC)[C@H](c2cc(F)c(F)c(F)c2)C1. The van der Waals surface area contributed by atoms with Crippen molar-refractivity contribution in [2.45, 2.75) is 32.2 Å². The fraction of sp³-hybridized carbons (Fsp3) is 0.500. The first-order valence-corrected chi connectivity index (χ1v) is 8.45. The summed E-state index contributed by atoms with van der Waals surface area (Å²) in [5.74, 6) is -6.06. The third-order valence-corrected chi connectivity index (χ3v) is 4.48. The number of halogens is 3. The molecule has 6 nitrogen and oxygen atoms in total. The lowest BCUT2D eigenvalue weighted by molar-refractivity contribution is -0.146. The molecule has 1 aromatic rings. The van der Waals surface area contributed by atoms with Gasteiger partial charge in [0.05, 0.1) is 19.8 Å². The van der Waals surface area contributed by atoms with Gasteiger partial charge >= 0.3 is 12.1 Å². The van der Waals surface area contributed by atoms with Gasteiger partial charge in [-0.05, 0) is 37.5 Å². The minimum absolute atomic E-state index is 0.00503. The second-order valence-electron chi connectivity index (χ2n) is 6.15. The molecule has 0 unspecified atom stereocenters. The van der Waals surface area contributed by atoms with E-state index >= 15 is 0 Å². The quantitative estimate of drug-likeness (QED) is 0.441. The van der Waals surface area contributed by atoms with E-state index in [4.69, 9.17) is 4.74 Å². The summed E-state index contributed by atoms with van der Waals surface area (Å²) in [6.07, 6.45) is -0.870. The van der Waals surface area contributed by atoms with Crippen LogP contribution >= 0.6 is 0 Å². The second kappa shape index (κ2) is 8.88. The molecular weight excluding hydrogens is 367 g/mol. The lowest BCUT2D eigenvalue weighted by atomic mass is 9.84. The Morgan fingerprint density at radius 3 is 2.37 bits per heavy atom. The summed E-state index contributed by atoms with van der Waals surface area (Å²) < 4.78 is 50.0. The summed E-state index contributed by atoms with van der Waals surface area (Å²) in [6, 6.07) is 0.681. The van der Waals surface area contributed by atoms with E-state index in [2.05, 4.69) is 4.74 Å². The molecule has 2 rings (SSSR count). The highest BCUT2D eigenvalue weighted by Gasteiger charge is 2.37. The van der Waals surface area contributed by atoms with Gasteiger partial charge in [0, 0.05) is 12.5 Å². The van der Waals surface area contributed by atoms with Gasteiger partial charge in [-0.25, -0.2) is 18.0 Å². The molecule has 0 N–H and O–H groups in total. The molecule has 0 radical (unpaired) electrons. The van der Waals surface area contributed by atoms with Crippen LogP contribution in [0.4, 0.5) is 18.0 Å². The van der Waals surface area contributed by atoms with Gasteiger partial charge in [-0.3, -0.25) is 9.59 Å². The molecule has 2 atom stereocenters. The minimum Gasteiger partial charge on any atom is -0.466 e. The molecule has 1 heterocycles. The van der Waals surface area contributed by atoms with Crippen molar-refractivity contribution in [1.29, 1.82) is 0 Å². The molecular formula is C18H20F3NO5. The van der Waals surface area contributed by atoms with Gasteiger partial charge < -0.3 is 14.4 Å². The van der Waals surface area contributed by atoms with Crippen LogP contribution in [0.3, 0.4) is 0 Å². The summed E-state index contributed by atoms with van der Waals surface area (Å²) in [4.78, 5) is 37.1. The van der Waals surface area contributed by atoms with E-state index in [1.54, 1.807) is 6.92 Å². The van der Waals surface area contributed by atoms with E-state index in [-0.39, 0.29) is 37.3 Å². The molecule has 1 aliphatic heterocycles. The fourth-order valence-electron chi connectivity index (χ4n) is 3.18. The number of nitrogens with zero attached hydrogens (tertiary/aromatic N) is 1. The Morgan fingerprint density at radius 2 is 1.81 bits per heavy atom. The van der Waals surface area contributed by atoms with E-state index in [1.807, 2.05) is 0 Å². The number of likely N-dealkylation sites (tertiary alicyclic amines) is 1. The average Bonchev–Trinajstić information content (AvgIpc) is 2.64. The first-order valence-electron chi connectivity index (χ1n) is 8.45. The molecule has 1 aromatic carbocycles. The van der Waals surface area contributed by atoms with E-state index in [0.29, 0.717) is 0 Å². The number of hydrogen-bond donors (Lipinski definition) is 0. The second-order valence-corrected chi connectivity index (χ2v) is 6.15. The Morgan fingerprint density at radius 1 is 1.19 bits per heavy atom. The maximum atomic E-state index is 13.6. The lowest BCUT2D eigenvalue weighted by Gasteiger charge is -2.38. The van der Waals surface area contributed by atoms with Crippen molar-refractivity contribution in [3.63, 3.8) is 0 Å². The molecule has 0 saturated carbocycles. The molecule has 0 aliphatic carbocycles. The largest absolute Gasteiger partial charge is 0.466 e. The van der Waals surface area contributed by atoms with Crippen LogP contribution in [-0.4, -0.2) is 43.0 Å². The number of methoxy groups -OCH3 is 1. The Bertz CT molecular complexity index is 717. The summed E-state index contributed by atoms with van der Waals surface area (Å²) in [6.45, 7) is 1.84. The van der Waals surface area contributed by atoms with Gasteiger partial charge in [-0.1, -0.05) is 0 Å². The molecule has 1 amide bonds. The van der Waals surface area contributed by atoms with Crippen molar-refractivity contribution in [3.05, 3.63) is 35.1 Å². The Hall–Kier alpha value is -2.58. The Labute approximate surface area is 154 Å². The third-order valence-electron chi connectivity index (χ3n) is 4.48. The number of benzene rings is 1. The van der Waals surface area contributed by atoms with Gasteiger partial charge in [0.2, 0.25) is 0 Å². The Kier molecular flexibility index (Phi) is 6.81. The van der Waals surface area contributed by atoms with E-state index < -0.39 is 47.9 Å². The topological polar surface area (TPSA) is 72.9 Å². The van der Waals surface area contributed by atoms with Crippen molar-refractivity contribution in [2.24, 2.45) is 5.92 Å². The molecule has 0 bridgehead atoms. The van der Waals surface area contributed by atoms with Crippen molar-refractivity contribution < 1.29 is 37.0 Å². The zero-order valence-electron chi connectivity index (χ0n) is 15.0. The zero-order chi connectivity index (χ0) is 20.1. The number of hydrogen-bond acceptors (Lipinski definition) is 5. The van der Waals surface area contributed by atoms with Crippen LogP contribution in [-0.2, 0) is 19.1 Å². The first-order chi connectivity index (χ1) is 12.8. The third kappa shape index (κ3) is 4.78. The molecule has 1 fully saturated rings. The minimum atomic E-state index is -1.62. The van der Waals surface area contributed by atoms with E-state index in [0.717, 1.165) is 19.2 Å². The van der Waals surface area contributed by atoms with Crippen LogP contribution in [0.5, 0.6) is 0 Å². The average molecular weight is 387 g/mol. The highest BCUT2D eigenvalue weighted by Crippen LogP contribution is 2.36. The normalized spacial score (nSPS) is 19.5. The van der Waals surface area contributed by atoms with Gasteiger partial charge in [0.25, 0.3) is 0 Å². The number of carbonyl (C=O) groups is 3. The number of carbonyl (C=O) groups excluding carboxylic acids is 3. The number of rotatable bonds is 5. The lowest BCUT2D eigenvalue weighted by Crippen LogP contribution is -2.43. The maximum absolute atomic E-state index is 13.6. The van der Waals surface area contributed by atoms with E-state index in [9.17, 15) is 27.6 Å².